The Morgan fingerprint density at radius 2 is 1.33 bits per heavy atom. The molecule has 2 nitrogen and oxygen atoms in total. The second-order valence-electron chi connectivity index (χ2n) is 5.79. The predicted molar refractivity (Wildman–Crippen MR) is 92.7 cm³/mol. The Bertz CT molecular complexity index is 387. The molecule has 0 fully saturated rings. The second kappa shape index (κ2) is 10.9. The van der Waals surface area contributed by atoms with Gasteiger partial charge < -0.3 is 4.52 Å². The molecule has 0 saturated heterocycles. The number of para-hydroxylation sites is 1. The summed E-state index contributed by atoms with van der Waals surface area (Å²) in [5, 5.41) is 0. The van der Waals surface area contributed by atoms with Crippen molar-refractivity contribution in [3.8, 4) is 5.75 Å². The zero-order valence-electron chi connectivity index (χ0n) is 13.7. The molecule has 0 aliphatic rings. The van der Waals surface area contributed by atoms with Crippen LogP contribution in [0.15, 0.2) is 30.3 Å². The van der Waals surface area contributed by atoms with Crippen LogP contribution in [-0.2, 0) is 4.57 Å². The lowest BCUT2D eigenvalue weighted by Gasteiger charge is -2.20. The van der Waals surface area contributed by atoms with E-state index in [2.05, 4.69) is 13.8 Å². The molecule has 1 aromatic carbocycles. The van der Waals surface area contributed by atoms with E-state index >= 15 is 0 Å². The van der Waals surface area contributed by atoms with Crippen molar-refractivity contribution in [1.29, 1.82) is 0 Å². The van der Waals surface area contributed by atoms with Gasteiger partial charge in [-0.2, -0.15) is 0 Å². The monoisotopic (exact) mass is 310 g/mol. The molecule has 0 radical (unpaired) electrons. The molecule has 120 valence electrons. The quantitative estimate of drug-likeness (QED) is 0.325. The summed E-state index contributed by atoms with van der Waals surface area (Å²) in [4.78, 5) is 0. The van der Waals surface area contributed by atoms with Crippen molar-refractivity contribution in [2.75, 3.05) is 12.3 Å². The van der Waals surface area contributed by atoms with Crippen molar-refractivity contribution in [3.63, 3.8) is 0 Å². The molecule has 0 aromatic heterocycles. The van der Waals surface area contributed by atoms with E-state index in [1.54, 1.807) is 0 Å². The molecule has 0 heterocycles. The van der Waals surface area contributed by atoms with Crippen LogP contribution in [0.1, 0.15) is 65.2 Å². The van der Waals surface area contributed by atoms with Gasteiger partial charge in [0.15, 0.2) is 0 Å². The molecular weight excluding hydrogens is 279 g/mol. The standard InChI is InChI=1S/C18H31O2P/c1-3-5-7-12-16-21(19,17-13-8-6-4-2)20-18-14-10-9-11-15-18/h9-11,14-15H,3-8,12-13,16-17H2,1-2H3. The third-order valence-corrected chi connectivity index (χ3v) is 6.26. The lowest BCUT2D eigenvalue weighted by molar-refractivity contribution is 0.474. The number of hydrogen-bond donors (Lipinski definition) is 0. The van der Waals surface area contributed by atoms with Crippen LogP contribution in [0.4, 0.5) is 0 Å². The van der Waals surface area contributed by atoms with E-state index in [0.29, 0.717) is 0 Å². The van der Waals surface area contributed by atoms with Crippen LogP contribution in [0.3, 0.4) is 0 Å². The minimum atomic E-state index is -2.52. The van der Waals surface area contributed by atoms with Gasteiger partial charge in [0.2, 0.25) is 7.37 Å². The summed E-state index contributed by atoms with van der Waals surface area (Å²) in [5.41, 5.74) is 0. The van der Waals surface area contributed by atoms with E-state index in [4.69, 9.17) is 4.52 Å². The molecule has 3 heteroatoms. The van der Waals surface area contributed by atoms with Crippen LogP contribution in [0.25, 0.3) is 0 Å². The Hall–Kier alpha value is -0.750. The highest BCUT2D eigenvalue weighted by molar-refractivity contribution is 7.59. The van der Waals surface area contributed by atoms with Crippen LogP contribution < -0.4 is 4.52 Å². The molecule has 1 aromatic rings. The smallest absolute Gasteiger partial charge is 0.247 e. The zero-order chi connectivity index (χ0) is 15.4. The maximum absolute atomic E-state index is 13.1. The summed E-state index contributed by atoms with van der Waals surface area (Å²) in [6.45, 7) is 4.40. The molecule has 0 saturated carbocycles. The first kappa shape index (κ1) is 18.3. The molecule has 0 aliphatic heterocycles. The highest BCUT2D eigenvalue weighted by Crippen LogP contribution is 2.48. The average Bonchev–Trinajstić information content (AvgIpc) is 2.49. The van der Waals surface area contributed by atoms with E-state index in [1.807, 2.05) is 30.3 Å². The average molecular weight is 310 g/mol. The first-order valence-electron chi connectivity index (χ1n) is 8.53. The van der Waals surface area contributed by atoms with Crippen molar-refractivity contribution in [2.45, 2.75) is 65.2 Å². The number of benzene rings is 1. The van der Waals surface area contributed by atoms with E-state index < -0.39 is 7.37 Å². The minimum Gasteiger partial charge on any atom is -0.443 e. The van der Waals surface area contributed by atoms with Gasteiger partial charge in [-0.15, -0.1) is 0 Å². The van der Waals surface area contributed by atoms with Crippen LogP contribution in [0, 0.1) is 0 Å². The fourth-order valence-corrected chi connectivity index (χ4v) is 4.76. The number of rotatable bonds is 12. The maximum atomic E-state index is 13.1. The first-order valence-corrected chi connectivity index (χ1v) is 10.5. The van der Waals surface area contributed by atoms with Gasteiger partial charge in [0.1, 0.15) is 5.75 Å². The molecular formula is C18H31O2P. The molecule has 0 spiro atoms. The Morgan fingerprint density at radius 1 is 0.810 bits per heavy atom. The summed E-state index contributed by atoms with van der Waals surface area (Å²) in [6.07, 6.45) is 10.7. The lowest BCUT2D eigenvalue weighted by atomic mass is 10.2. The fourth-order valence-electron chi connectivity index (χ4n) is 2.44. The Balaban J connectivity index is 2.53. The highest BCUT2D eigenvalue weighted by atomic mass is 31.2. The normalized spacial score (nSPS) is 11.5. The van der Waals surface area contributed by atoms with Gasteiger partial charge in [-0.1, -0.05) is 70.6 Å². The molecule has 0 N–H and O–H groups in total. The van der Waals surface area contributed by atoms with Crippen molar-refractivity contribution in [3.05, 3.63) is 30.3 Å². The zero-order valence-corrected chi connectivity index (χ0v) is 14.6. The number of hydrogen-bond acceptors (Lipinski definition) is 2. The Morgan fingerprint density at radius 3 is 1.81 bits per heavy atom. The summed E-state index contributed by atoms with van der Waals surface area (Å²) < 4.78 is 19.0. The van der Waals surface area contributed by atoms with Crippen molar-refractivity contribution < 1.29 is 9.09 Å². The maximum Gasteiger partial charge on any atom is 0.247 e. The summed E-state index contributed by atoms with van der Waals surface area (Å²) in [6, 6.07) is 9.65. The van der Waals surface area contributed by atoms with E-state index in [9.17, 15) is 4.57 Å². The molecule has 21 heavy (non-hydrogen) atoms. The highest BCUT2D eigenvalue weighted by Gasteiger charge is 2.23. The SMILES string of the molecule is CCCCCCP(=O)(CCCCCC)Oc1ccccc1. The lowest BCUT2D eigenvalue weighted by Crippen LogP contribution is -2.03. The molecule has 0 atom stereocenters. The van der Waals surface area contributed by atoms with Crippen LogP contribution in [0.2, 0.25) is 0 Å². The van der Waals surface area contributed by atoms with Gasteiger partial charge >= 0.3 is 0 Å². The van der Waals surface area contributed by atoms with E-state index in [1.165, 1.54) is 25.7 Å². The van der Waals surface area contributed by atoms with Crippen molar-refractivity contribution in [1.82, 2.24) is 0 Å². The fraction of sp³-hybridized carbons (Fsp3) is 0.667. The first-order chi connectivity index (χ1) is 10.2. The number of unbranched alkanes of at least 4 members (excludes halogenated alkanes) is 6. The molecule has 0 amide bonds. The summed E-state index contributed by atoms with van der Waals surface area (Å²) >= 11 is 0. The Labute approximate surface area is 130 Å². The third kappa shape index (κ3) is 8.31. The predicted octanol–water partition coefficient (Wildman–Crippen LogP) is 6.50. The molecule has 0 bridgehead atoms. The van der Waals surface area contributed by atoms with Crippen molar-refractivity contribution >= 4 is 7.37 Å². The van der Waals surface area contributed by atoms with Crippen LogP contribution >= 0.6 is 7.37 Å². The topological polar surface area (TPSA) is 26.3 Å². The van der Waals surface area contributed by atoms with Gasteiger partial charge in [0, 0.05) is 12.3 Å². The Kier molecular flexibility index (Phi) is 9.50. The van der Waals surface area contributed by atoms with Crippen LogP contribution in [-0.4, -0.2) is 12.3 Å². The molecule has 0 aliphatic carbocycles. The second-order valence-corrected chi connectivity index (χ2v) is 8.49. The molecule has 1 rings (SSSR count). The van der Waals surface area contributed by atoms with Gasteiger partial charge in [0.05, 0.1) is 0 Å². The van der Waals surface area contributed by atoms with Gasteiger partial charge in [-0.05, 0) is 25.0 Å². The van der Waals surface area contributed by atoms with Crippen molar-refractivity contribution in [2.24, 2.45) is 0 Å². The van der Waals surface area contributed by atoms with Gasteiger partial charge in [-0.3, -0.25) is 4.57 Å². The summed E-state index contributed by atoms with van der Waals surface area (Å²) in [5.74, 6) is 0.756. The third-order valence-electron chi connectivity index (χ3n) is 3.72. The molecule has 0 unspecified atom stereocenters. The van der Waals surface area contributed by atoms with Gasteiger partial charge in [-0.25, -0.2) is 0 Å². The largest absolute Gasteiger partial charge is 0.443 e. The summed E-state index contributed by atoms with van der Waals surface area (Å²) in [7, 11) is -2.52. The van der Waals surface area contributed by atoms with Gasteiger partial charge in [0.25, 0.3) is 0 Å². The van der Waals surface area contributed by atoms with Crippen LogP contribution in [0.5, 0.6) is 5.75 Å². The van der Waals surface area contributed by atoms with E-state index in [-0.39, 0.29) is 0 Å². The van der Waals surface area contributed by atoms with E-state index in [0.717, 1.165) is 43.8 Å². The minimum absolute atomic E-state index is 0.730.